The Morgan fingerprint density at radius 1 is 1.47 bits per heavy atom. The quantitative estimate of drug-likeness (QED) is 0.706. The molecule has 1 rings (SSSR count). The monoisotopic (exact) mass is 244 g/mol. The van der Waals surface area contributed by atoms with Crippen molar-refractivity contribution in [1.82, 2.24) is 4.90 Å². The van der Waals surface area contributed by atoms with Gasteiger partial charge in [-0.15, -0.1) is 0 Å². The number of nitrogens with two attached hydrogens (primary N) is 1. The predicted molar refractivity (Wildman–Crippen MR) is 61.5 cm³/mol. The van der Waals surface area contributed by atoms with Crippen molar-refractivity contribution < 1.29 is 19.4 Å². The standard InChI is InChI=1S/C11H20N2O4/c1-10(2,3)17-9(16)13-5-7(12)11(4,6-13)8(14)15/h7H,5-6,12H2,1-4H3,(H,14,15)/t7-,11+/m1/s1. The lowest BCUT2D eigenvalue weighted by Crippen LogP contribution is -2.44. The van der Waals surface area contributed by atoms with E-state index in [0.717, 1.165) is 0 Å². The van der Waals surface area contributed by atoms with Crippen LogP contribution >= 0.6 is 0 Å². The number of carbonyl (C=O) groups excluding carboxylic acids is 1. The molecule has 0 unspecified atom stereocenters. The van der Waals surface area contributed by atoms with Crippen LogP contribution in [0.15, 0.2) is 0 Å². The maximum Gasteiger partial charge on any atom is 0.410 e. The third kappa shape index (κ3) is 2.88. The van der Waals surface area contributed by atoms with Crippen molar-refractivity contribution in [3.8, 4) is 0 Å². The summed E-state index contributed by atoms with van der Waals surface area (Å²) in [6.07, 6.45) is -0.516. The van der Waals surface area contributed by atoms with Gasteiger partial charge < -0.3 is 20.5 Å². The highest BCUT2D eigenvalue weighted by atomic mass is 16.6. The summed E-state index contributed by atoms with van der Waals surface area (Å²) in [7, 11) is 0. The first-order valence-electron chi connectivity index (χ1n) is 5.53. The average Bonchev–Trinajstić information content (AvgIpc) is 2.42. The number of aliphatic carboxylic acids is 1. The molecule has 1 aliphatic rings. The van der Waals surface area contributed by atoms with Crippen molar-refractivity contribution in [2.24, 2.45) is 11.1 Å². The first-order valence-corrected chi connectivity index (χ1v) is 5.53. The number of hydrogen-bond donors (Lipinski definition) is 2. The van der Waals surface area contributed by atoms with Crippen molar-refractivity contribution in [3.05, 3.63) is 0 Å². The van der Waals surface area contributed by atoms with Crippen LogP contribution in [0.1, 0.15) is 27.7 Å². The fourth-order valence-corrected chi connectivity index (χ4v) is 1.71. The highest BCUT2D eigenvalue weighted by Crippen LogP contribution is 2.30. The normalized spacial score (nSPS) is 29.2. The van der Waals surface area contributed by atoms with Crippen molar-refractivity contribution in [2.75, 3.05) is 13.1 Å². The largest absolute Gasteiger partial charge is 0.481 e. The predicted octanol–water partition coefficient (Wildman–Crippen LogP) is 0.655. The zero-order chi connectivity index (χ0) is 13.4. The number of likely N-dealkylation sites (tertiary alicyclic amines) is 1. The van der Waals surface area contributed by atoms with Gasteiger partial charge in [0.1, 0.15) is 5.60 Å². The van der Waals surface area contributed by atoms with E-state index in [1.165, 1.54) is 4.90 Å². The van der Waals surface area contributed by atoms with E-state index < -0.39 is 29.1 Å². The number of rotatable bonds is 1. The van der Waals surface area contributed by atoms with E-state index in [1.54, 1.807) is 27.7 Å². The minimum Gasteiger partial charge on any atom is -0.481 e. The molecule has 1 amide bonds. The number of carboxylic acid groups (broad SMARTS) is 1. The second-order valence-electron chi connectivity index (χ2n) is 5.69. The fraction of sp³-hybridized carbons (Fsp3) is 0.818. The summed E-state index contributed by atoms with van der Waals surface area (Å²) in [5.41, 5.74) is 4.08. The van der Waals surface area contributed by atoms with E-state index in [2.05, 4.69) is 0 Å². The lowest BCUT2D eigenvalue weighted by molar-refractivity contribution is -0.147. The smallest absolute Gasteiger partial charge is 0.410 e. The summed E-state index contributed by atoms with van der Waals surface area (Å²) < 4.78 is 5.18. The van der Waals surface area contributed by atoms with Gasteiger partial charge in [0.15, 0.2) is 0 Å². The van der Waals surface area contributed by atoms with Gasteiger partial charge >= 0.3 is 12.1 Å². The van der Waals surface area contributed by atoms with E-state index in [-0.39, 0.29) is 13.1 Å². The molecule has 0 bridgehead atoms. The number of nitrogens with zero attached hydrogens (tertiary/aromatic N) is 1. The Morgan fingerprint density at radius 2 is 2.00 bits per heavy atom. The SMILES string of the molecule is CC(C)(C)OC(=O)N1C[C@@H](N)[C@@](C)(C(=O)O)C1. The third-order valence-corrected chi connectivity index (χ3v) is 2.90. The summed E-state index contributed by atoms with van der Waals surface area (Å²) in [4.78, 5) is 24.3. The summed E-state index contributed by atoms with van der Waals surface area (Å²) in [6.45, 7) is 7.12. The van der Waals surface area contributed by atoms with Crippen molar-refractivity contribution in [2.45, 2.75) is 39.3 Å². The topological polar surface area (TPSA) is 92.9 Å². The van der Waals surface area contributed by atoms with Gasteiger partial charge in [-0.3, -0.25) is 4.79 Å². The van der Waals surface area contributed by atoms with Crippen LogP contribution in [-0.2, 0) is 9.53 Å². The molecule has 1 aliphatic heterocycles. The van der Waals surface area contributed by atoms with Gasteiger partial charge in [0.25, 0.3) is 0 Å². The number of amides is 1. The molecule has 0 aliphatic carbocycles. The first-order chi connectivity index (χ1) is 7.56. The fourth-order valence-electron chi connectivity index (χ4n) is 1.71. The Bertz CT molecular complexity index is 337. The van der Waals surface area contributed by atoms with Gasteiger partial charge in [0, 0.05) is 19.1 Å². The van der Waals surface area contributed by atoms with E-state index in [1.807, 2.05) is 0 Å². The van der Waals surface area contributed by atoms with E-state index in [4.69, 9.17) is 15.6 Å². The summed E-state index contributed by atoms with van der Waals surface area (Å²) in [6, 6.07) is -0.576. The molecular formula is C11H20N2O4. The Labute approximate surface area is 101 Å². The van der Waals surface area contributed by atoms with Gasteiger partial charge in [0.05, 0.1) is 5.41 Å². The molecule has 1 heterocycles. The zero-order valence-electron chi connectivity index (χ0n) is 10.7. The molecule has 0 saturated carbocycles. The molecule has 0 aromatic carbocycles. The average molecular weight is 244 g/mol. The molecule has 17 heavy (non-hydrogen) atoms. The highest BCUT2D eigenvalue weighted by Gasteiger charge is 2.49. The summed E-state index contributed by atoms with van der Waals surface area (Å²) >= 11 is 0. The lowest BCUT2D eigenvalue weighted by atomic mass is 9.86. The molecule has 3 N–H and O–H groups in total. The summed E-state index contributed by atoms with van der Waals surface area (Å²) in [5.74, 6) is -0.990. The Morgan fingerprint density at radius 3 is 2.35 bits per heavy atom. The number of carbonyl (C=O) groups is 2. The van der Waals surface area contributed by atoms with Gasteiger partial charge in [-0.1, -0.05) is 0 Å². The van der Waals surface area contributed by atoms with Gasteiger partial charge in [0.2, 0.25) is 0 Å². The maximum absolute atomic E-state index is 11.8. The molecule has 0 aromatic heterocycles. The van der Waals surface area contributed by atoms with Gasteiger partial charge in [-0.25, -0.2) is 4.79 Å². The van der Waals surface area contributed by atoms with E-state index in [0.29, 0.717) is 0 Å². The van der Waals surface area contributed by atoms with Crippen molar-refractivity contribution in [3.63, 3.8) is 0 Å². The first kappa shape index (κ1) is 13.8. The number of carboxylic acids is 1. The van der Waals surface area contributed by atoms with E-state index in [9.17, 15) is 9.59 Å². The number of ether oxygens (including phenoxy) is 1. The van der Waals surface area contributed by atoms with Crippen LogP contribution in [0.3, 0.4) is 0 Å². The second-order valence-corrected chi connectivity index (χ2v) is 5.69. The van der Waals surface area contributed by atoms with Crippen molar-refractivity contribution in [1.29, 1.82) is 0 Å². The highest BCUT2D eigenvalue weighted by molar-refractivity contribution is 5.78. The zero-order valence-corrected chi connectivity index (χ0v) is 10.7. The second kappa shape index (κ2) is 4.18. The molecule has 2 atom stereocenters. The molecule has 6 heteroatoms. The molecule has 0 aromatic rings. The Kier molecular flexibility index (Phi) is 3.38. The molecule has 0 radical (unpaired) electrons. The van der Waals surface area contributed by atoms with E-state index >= 15 is 0 Å². The molecule has 0 spiro atoms. The van der Waals surface area contributed by atoms with Crippen LogP contribution < -0.4 is 5.73 Å². The van der Waals surface area contributed by atoms with Crippen LogP contribution in [0, 0.1) is 5.41 Å². The minimum absolute atomic E-state index is 0.0818. The minimum atomic E-state index is -1.10. The Balaban J connectivity index is 2.73. The lowest BCUT2D eigenvalue weighted by Gasteiger charge is -2.25. The van der Waals surface area contributed by atoms with Gasteiger partial charge in [-0.05, 0) is 27.7 Å². The van der Waals surface area contributed by atoms with Crippen LogP contribution in [0.4, 0.5) is 4.79 Å². The number of hydrogen-bond acceptors (Lipinski definition) is 4. The molecule has 1 fully saturated rings. The third-order valence-electron chi connectivity index (χ3n) is 2.90. The van der Waals surface area contributed by atoms with Crippen LogP contribution in [-0.4, -0.2) is 46.8 Å². The summed E-state index contributed by atoms with van der Waals surface area (Å²) in [5, 5.41) is 9.12. The van der Waals surface area contributed by atoms with Crippen LogP contribution in [0.5, 0.6) is 0 Å². The van der Waals surface area contributed by atoms with Gasteiger partial charge in [-0.2, -0.15) is 0 Å². The van der Waals surface area contributed by atoms with Crippen molar-refractivity contribution >= 4 is 12.1 Å². The molecule has 1 saturated heterocycles. The van der Waals surface area contributed by atoms with Crippen LogP contribution in [0.2, 0.25) is 0 Å². The Hall–Kier alpha value is -1.30. The molecule has 98 valence electrons. The maximum atomic E-state index is 11.8. The molecule has 6 nitrogen and oxygen atoms in total. The van der Waals surface area contributed by atoms with Crippen LogP contribution in [0.25, 0.3) is 0 Å². The molecular weight excluding hydrogens is 224 g/mol.